The third-order valence-electron chi connectivity index (χ3n) is 5.02. The first-order valence-electron chi connectivity index (χ1n) is 9.57. The molecule has 2 aliphatic rings. The Labute approximate surface area is 172 Å². The summed E-state index contributed by atoms with van der Waals surface area (Å²) in [5, 5.41) is 7.26. The Kier molecular flexibility index (Phi) is 4.20. The Bertz CT molecular complexity index is 1060. The van der Waals surface area contributed by atoms with Crippen LogP contribution in [0.3, 0.4) is 0 Å². The van der Waals surface area contributed by atoms with E-state index in [1.807, 2.05) is 26.0 Å². The summed E-state index contributed by atoms with van der Waals surface area (Å²) in [5.74, 6) is 1.65. The molecule has 5 rings (SSSR count). The quantitative estimate of drug-likeness (QED) is 0.612. The third kappa shape index (κ3) is 3.42. The SMILES string of the molecule is CC1(C)Cc2nc(N3CCOc4ccc(NCc5ncc[nH]5)cc43)sc2C(=O)N1. The normalized spacial score (nSPS) is 17.2. The van der Waals surface area contributed by atoms with Crippen molar-refractivity contribution in [3.8, 4) is 5.75 Å². The van der Waals surface area contributed by atoms with Crippen LogP contribution >= 0.6 is 11.3 Å². The predicted molar refractivity (Wildman–Crippen MR) is 112 cm³/mol. The number of amides is 1. The van der Waals surface area contributed by atoms with Crippen LogP contribution < -0.4 is 20.3 Å². The van der Waals surface area contributed by atoms with Crippen LogP contribution in [0.5, 0.6) is 5.75 Å². The summed E-state index contributed by atoms with van der Waals surface area (Å²) in [6, 6.07) is 6.02. The number of ether oxygens (including phenoxy) is 1. The van der Waals surface area contributed by atoms with Crippen LogP contribution in [0.1, 0.15) is 35.0 Å². The summed E-state index contributed by atoms with van der Waals surface area (Å²) in [6.45, 7) is 5.91. The van der Waals surface area contributed by atoms with Gasteiger partial charge in [-0.25, -0.2) is 9.97 Å². The van der Waals surface area contributed by atoms with E-state index < -0.39 is 0 Å². The molecule has 2 aliphatic heterocycles. The molecule has 0 saturated heterocycles. The molecular weight excluding hydrogens is 388 g/mol. The van der Waals surface area contributed by atoms with Crippen LogP contribution in [0.25, 0.3) is 0 Å². The molecule has 3 aromatic rings. The molecule has 0 saturated carbocycles. The summed E-state index contributed by atoms with van der Waals surface area (Å²) >= 11 is 1.44. The van der Waals surface area contributed by atoms with Gasteiger partial charge in [0.2, 0.25) is 0 Å². The number of hydrogen-bond acceptors (Lipinski definition) is 7. The van der Waals surface area contributed by atoms with Crippen molar-refractivity contribution >= 4 is 33.8 Å². The van der Waals surface area contributed by atoms with E-state index >= 15 is 0 Å². The van der Waals surface area contributed by atoms with Gasteiger partial charge in [0.05, 0.1) is 24.5 Å². The highest BCUT2D eigenvalue weighted by atomic mass is 32.1. The van der Waals surface area contributed by atoms with E-state index in [1.165, 1.54) is 11.3 Å². The predicted octanol–water partition coefficient (Wildman–Crippen LogP) is 3.07. The average molecular weight is 411 g/mol. The van der Waals surface area contributed by atoms with Crippen LogP contribution in [0.15, 0.2) is 30.6 Å². The topological polar surface area (TPSA) is 95.2 Å². The van der Waals surface area contributed by atoms with Crippen molar-refractivity contribution < 1.29 is 9.53 Å². The molecule has 29 heavy (non-hydrogen) atoms. The van der Waals surface area contributed by atoms with Crippen molar-refractivity contribution in [2.24, 2.45) is 0 Å². The first-order valence-corrected chi connectivity index (χ1v) is 10.4. The molecule has 150 valence electrons. The minimum absolute atomic E-state index is 0.0395. The Morgan fingerprint density at radius 2 is 2.28 bits per heavy atom. The number of aromatic amines is 1. The second-order valence-corrected chi connectivity index (χ2v) is 8.84. The maximum absolute atomic E-state index is 12.5. The molecule has 4 heterocycles. The lowest BCUT2D eigenvalue weighted by Crippen LogP contribution is -2.48. The second kappa shape index (κ2) is 6.77. The lowest BCUT2D eigenvalue weighted by atomic mass is 9.94. The first-order chi connectivity index (χ1) is 14.0. The van der Waals surface area contributed by atoms with E-state index in [1.54, 1.807) is 12.4 Å². The van der Waals surface area contributed by atoms with E-state index in [0.717, 1.165) is 40.2 Å². The number of imidazole rings is 1. The number of nitrogens with zero attached hydrogens (tertiary/aromatic N) is 3. The van der Waals surface area contributed by atoms with E-state index in [4.69, 9.17) is 9.72 Å². The average Bonchev–Trinajstić information content (AvgIpc) is 3.34. The van der Waals surface area contributed by atoms with Crippen molar-refractivity contribution in [2.75, 3.05) is 23.4 Å². The number of fused-ring (bicyclic) bond motifs is 2. The van der Waals surface area contributed by atoms with E-state index in [2.05, 4.69) is 31.6 Å². The Morgan fingerprint density at radius 1 is 1.38 bits per heavy atom. The van der Waals surface area contributed by atoms with Gasteiger partial charge in [-0.1, -0.05) is 11.3 Å². The number of benzene rings is 1. The third-order valence-corrected chi connectivity index (χ3v) is 6.14. The molecule has 1 aromatic carbocycles. The molecule has 0 aliphatic carbocycles. The van der Waals surface area contributed by atoms with Crippen LogP contribution in [0, 0.1) is 0 Å². The number of aromatic nitrogens is 3. The maximum Gasteiger partial charge on any atom is 0.263 e. The van der Waals surface area contributed by atoms with Crippen molar-refractivity contribution in [2.45, 2.75) is 32.4 Å². The molecule has 2 aromatic heterocycles. The number of hydrogen-bond donors (Lipinski definition) is 3. The van der Waals surface area contributed by atoms with Crippen molar-refractivity contribution in [1.82, 2.24) is 20.3 Å². The van der Waals surface area contributed by atoms with Gasteiger partial charge in [-0.3, -0.25) is 4.79 Å². The molecule has 3 N–H and O–H groups in total. The molecule has 1 amide bonds. The summed E-state index contributed by atoms with van der Waals surface area (Å²) < 4.78 is 5.85. The Hall–Kier alpha value is -3.07. The van der Waals surface area contributed by atoms with Crippen molar-refractivity contribution in [3.63, 3.8) is 0 Å². The van der Waals surface area contributed by atoms with Crippen molar-refractivity contribution in [1.29, 1.82) is 0 Å². The van der Waals surface area contributed by atoms with Crippen LogP contribution in [-0.2, 0) is 13.0 Å². The summed E-state index contributed by atoms with van der Waals surface area (Å²) in [7, 11) is 0. The fraction of sp³-hybridized carbons (Fsp3) is 0.350. The lowest BCUT2D eigenvalue weighted by molar-refractivity contribution is 0.0901. The summed E-state index contributed by atoms with van der Waals surface area (Å²) in [5.41, 5.74) is 2.52. The number of H-pyrrole nitrogens is 1. The lowest BCUT2D eigenvalue weighted by Gasteiger charge is -2.30. The van der Waals surface area contributed by atoms with Gasteiger partial charge < -0.3 is 25.3 Å². The molecule has 0 radical (unpaired) electrons. The Morgan fingerprint density at radius 3 is 3.10 bits per heavy atom. The zero-order valence-electron chi connectivity index (χ0n) is 16.3. The molecular formula is C20H22N6O2S. The van der Waals surface area contributed by atoms with E-state index in [9.17, 15) is 4.79 Å². The second-order valence-electron chi connectivity index (χ2n) is 7.86. The van der Waals surface area contributed by atoms with Gasteiger partial charge in [-0.15, -0.1) is 0 Å². The molecule has 0 unspecified atom stereocenters. The molecule has 8 nitrogen and oxygen atoms in total. The number of thiazole rings is 1. The molecule has 0 spiro atoms. The van der Waals surface area contributed by atoms with Gasteiger partial charge >= 0.3 is 0 Å². The van der Waals surface area contributed by atoms with Crippen LogP contribution in [-0.4, -0.2) is 39.5 Å². The number of carbonyl (C=O) groups is 1. The standard InChI is InChI=1S/C20H22N6O2S/c1-20(2)10-13-17(18(27)25-20)29-19(24-13)26-7-8-28-15-4-3-12(9-14(15)26)23-11-16-21-5-6-22-16/h3-6,9,23H,7-8,10-11H2,1-2H3,(H,21,22)(H,25,27). The van der Waals surface area contributed by atoms with Crippen molar-refractivity contribution in [3.05, 3.63) is 47.0 Å². The van der Waals surface area contributed by atoms with Gasteiger partial charge in [0.15, 0.2) is 5.13 Å². The smallest absolute Gasteiger partial charge is 0.263 e. The minimum atomic E-state index is -0.277. The highest BCUT2D eigenvalue weighted by molar-refractivity contribution is 7.17. The minimum Gasteiger partial charge on any atom is -0.490 e. The van der Waals surface area contributed by atoms with Gasteiger partial charge in [0.1, 0.15) is 23.1 Å². The fourth-order valence-corrected chi connectivity index (χ4v) is 4.70. The van der Waals surface area contributed by atoms with Gasteiger partial charge in [0.25, 0.3) is 5.91 Å². The monoisotopic (exact) mass is 410 g/mol. The van der Waals surface area contributed by atoms with Crippen LogP contribution in [0.2, 0.25) is 0 Å². The number of rotatable bonds is 4. The zero-order valence-corrected chi connectivity index (χ0v) is 17.1. The largest absolute Gasteiger partial charge is 0.490 e. The van der Waals surface area contributed by atoms with E-state index in [-0.39, 0.29) is 11.4 Å². The summed E-state index contributed by atoms with van der Waals surface area (Å²) in [6.07, 6.45) is 4.27. The number of carbonyl (C=O) groups excluding carboxylic acids is 1. The molecule has 0 bridgehead atoms. The van der Waals surface area contributed by atoms with Gasteiger partial charge in [0, 0.05) is 30.0 Å². The highest BCUT2D eigenvalue weighted by Crippen LogP contribution is 2.41. The number of anilines is 3. The molecule has 9 heteroatoms. The molecule has 0 fully saturated rings. The van der Waals surface area contributed by atoms with Gasteiger partial charge in [-0.05, 0) is 32.0 Å². The van der Waals surface area contributed by atoms with Crippen LogP contribution in [0.4, 0.5) is 16.5 Å². The molecule has 0 atom stereocenters. The summed E-state index contributed by atoms with van der Waals surface area (Å²) in [4.78, 5) is 27.5. The Balaban J connectivity index is 1.45. The van der Waals surface area contributed by atoms with Gasteiger partial charge in [-0.2, -0.15) is 0 Å². The fourth-order valence-electron chi connectivity index (χ4n) is 3.69. The zero-order chi connectivity index (χ0) is 20.0. The highest BCUT2D eigenvalue weighted by Gasteiger charge is 2.34. The van der Waals surface area contributed by atoms with E-state index in [0.29, 0.717) is 24.6 Å². The number of nitrogens with one attached hydrogen (secondary N) is 3. The first kappa shape index (κ1) is 18.0. The maximum atomic E-state index is 12.5.